The fourth-order valence-electron chi connectivity index (χ4n) is 2.21. The molecule has 1 saturated heterocycles. The largest absolute Gasteiger partial charge is 0.450 e. The number of nitrogens with two attached hydrogens (primary N) is 1. The number of carbonyl (C=O) groups excluding carboxylic acids is 1. The second kappa shape index (κ2) is 7.83. The third-order valence-electron chi connectivity index (χ3n) is 3.34. The summed E-state index contributed by atoms with van der Waals surface area (Å²) in [5.41, 5.74) is 5.61. The SMILES string of the molecule is CCOC(=O)N1CCC(NC(CC)C(N)=NO)CC1. The van der Waals surface area contributed by atoms with Crippen LogP contribution in [0.5, 0.6) is 0 Å². The molecular weight excluding hydrogens is 248 g/mol. The summed E-state index contributed by atoms with van der Waals surface area (Å²) in [6.45, 7) is 5.52. The van der Waals surface area contributed by atoms with E-state index in [9.17, 15) is 4.79 Å². The summed E-state index contributed by atoms with van der Waals surface area (Å²) >= 11 is 0. The van der Waals surface area contributed by atoms with Crippen LogP contribution in [-0.4, -0.2) is 53.8 Å². The molecule has 7 heteroatoms. The van der Waals surface area contributed by atoms with Gasteiger partial charge in [-0.15, -0.1) is 0 Å². The Labute approximate surface area is 113 Å². The van der Waals surface area contributed by atoms with Gasteiger partial charge < -0.3 is 25.9 Å². The molecule has 0 saturated carbocycles. The van der Waals surface area contributed by atoms with Gasteiger partial charge >= 0.3 is 6.09 Å². The van der Waals surface area contributed by atoms with Crippen LogP contribution < -0.4 is 11.1 Å². The van der Waals surface area contributed by atoms with E-state index < -0.39 is 0 Å². The van der Waals surface area contributed by atoms with Gasteiger partial charge in [0.2, 0.25) is 0 Å². The molecule has 0 aromatic rings. The van der Waals surface area contributed by atoms with Gasteiger partial charge in [-0.25, -0.2) is 4.79 Å². The van der Waals surface area contributed by atoms with Crippen LogP contribution in [0.2, 0.25) is 0 Å². The molecule has 1 fully saturated rings. The highest BCUT2D eigenvalue weighted by Gasteiger charge is 2.25. The van der Waals surface area contributed by atoms with Crippen LogP contribution in [0, 0.1) is 0 Å². The summed E-state index contributed by atoms with van der Waals surface area (Å²) in [7, 11) is 0. The van der Waals surface area contributed by atoms with Gasteiger partial charge in [0.05, 0.1) is 12.6 Å². The van der Waals surface area contributed by atoms with Crippen LogP contribution in [0.15, 0.2) is 5.16 Å². The Bertz CT molecular complexity index is 314. The number of hydrogen-bond acceptors (Lipinski definition) is 5. The zero-order valence-corrected chi connectivity index (χ0v) is 11.6. The van der Waals surface area contributed by atoms with E-state index in [1.807, 2.05) is 6.92 Å². The van der Waals surface area contributed by atoms with Crippen molar-refractivity contribution in [2.24, 2.45) is 10.9 Å². The number of rotatable bonds is 5. The van der Waals surface area contributed by atoms with E-state index in [-0.39, 0.29) is 24.0 Å². The fraction of sp³-hybridized carbons (Fsp3) is 0.833. The highest BCUT2D eigenvalue weighted by molar-refractivity contribution is 5.85. The maximum absolute atomic E-state index is 11.5. The molecule has 0 radical (unpaired) electrons. The summed E-state index contributed by atoms with van der Waals surface area (Å²) in [6, 6.07) is 0.153. The average molecular weight is 272 g/mol. The van der Waals surface area contributed by atoms with Crippen LogP contribution in [0.3, 0.4) is 0 Å². The predicted molar refractivity (Wildman–Crippen MR) is 72.2 cm³/mol. The van der Waals surface area contributed by atoms with E-state index in [4.69, 9.17) is 15.7 Å². The average Bonchev–Trinajstić information content (AvgIpc) is 2.44. The summed E-state index contributed by atoms with van der Waals surface area (Å²) in [5, 5.41) is 15.1. The number of amides is 1. The first kappa shape index (κ1) is 15.6. The first-order valence-electron chi connectivity index (χ1n) is 6.77. The summed E-state index contributed by atoms with van der Waals surface area (Å²) in [4.78, 5) is 13.3. The van der Waals surface area contributed by atoms with Crippen molar-refractivity contribution in [3.05, 3.63) is 0 Å². The number of likely N-dealkylation sites (tertiary alicyclic amines) is 1. The number of hydrogen-bond donors (Lipinski definition) is 3. The van der Waals surface area contributed by atoms with E-state index in [0.29, 0.717) is 19.7 Å². The molecule has 1 aliphatic heterocycles. The van der Waals surface area contributed by atoms with Crippen LogP contribution in [-0.2, 0) is 4.74 Å². The lowest BCUT2D eigenvalue weighted by Gasteiger charge is -2.33. The predicted octanol–water partition coefficient (Wildman–Crippen LogP) is 0.722. The first-order valence-corrected chi connectivity index (χ1v) is 6.77. The minimum absolute atomic E-state index is 0.121. The Hall–Kier alpha value is -1.50. The van der Waals surface area contributed by atoms with E-state index >= 15 is 0 Å². The number of nitrogens with one attached hydrogen (secondary N) is 1. The number of carbonyl (C=O) groups is 1. The third-order valence-corrected chi connectivity index (χ3v) is 3.34. The van der Waals surface area contributed by atoms with Crippen molar-refractivity contribution in [2.75, 3.05) is 19.7 Å². The Morgan fingerprint density at radius 1 is 1.53 bits per heavy atom. The van der Waals surface area contributed by atoms with Gasteiger partial charge in [-0.05, 0) is 26.2 Å². The van der Waals surface area contributed by atoms with E-state index in [2.05, 4.69) is 10.5 Å². The number of oxime groups is 1. The molecule has 1 heterocycles. The van der Waals surface area contributed by atoms with E-state index in [1.165, 1.54) is 0 Å². The molecule has 7 nitrogen and oxygen atoms in total. The minimum atomic E-state index is -0.246. The number of nitrogens with zero attached hydrogens (tertiary/aromatic N) is 2. The molecule has 1 unspecified atom stereocenters. The lowest BCUT2D eigenvalue weighted by molar-refractivity contribution is 0.0947. The van der Waals surface area contributed by atoms with Crippen LogP contribution >= 0.6 is 0 Å². The van der Waals surface area contributed by atoms with Gasteiger partial charge in [-0.1, -0.05) is 12.1 Å². The van der Waals surface area contributed by atoms with Crippen molar-refractivity contribution < 1.29 is 14.7 Å². The number of amidine groups is 1. The molecule has 0 aromatic carbocycles. The number of piperidine rings is 1. The Kier molecular flexibility index (Phi) is 6.41. The first-order chi connectivity index (χ1) is 9.12. The molecule has 1 rings (SSSR count). The summed E-state index contributed by atoms with van der Waals surface area (Å²) in [5.74, 6) is 0.204. The van der Waals surface area contributed by atoms with Crippen LogP contribution in [0.1, 0.15) is 33.1 Å². The molecule has 4 N–H and O–H groups in total. The zero-order chi connectivity index (χ0) is 14.3. The molecular formula is C12H24N4O3. The van der Waals surface area contributed by atoms with Crippen molar-refractivity contribution in [3.8, 4) is 0 Å². The molecule has 0 aliphatic carbocycles. The Morgan fingerprint density at radius 3 is 2.63 bits per heavy atom. The lowest BCUT2D eigenvalue weighted by atomic mass is 10.0. The van der Waals surface area contributed by atoms with E-state index in [1.54, 1.807) is 11.8 Å². The normalized spacial score (nSPS) is 19.3. The second-order valence-corrected chi connectivity index (χ2v) is 4.61. The van der Waals surface area contributed by atoms with Gasteiger partial charge in [0.1, 0.15) is 0 Å². The lowest BCUT2D eigenvalue weighted by Crippen LogP contribution is -2.51. The molecule has 0 aromatic heterocycles. The highest BCUT2D eigenvalue weighted by Crippen LogP contribution is 2.12. The minimum Gasteiger partial charge on any atom is -0.450 e. The molecule has 0 spiro atoms. The van der Waals surface area contributed by atoms with Gasteiger partial charge in [0.25, 0.3) is 0 Å². The Morgan fingerprint density at radius 2 is 2.16 bits per heavy atom. The van der Waals surface area contributed by atoms with Gasteiger partial charge in [-0.3, -0.25) is 0 Å². The molecule has 110 valence electrons. The monoisotopic (exact) mass is 272 g/mol. The summed E-state index contributed by atoms with van der Waals surface area (Å²) < 4.78 is 4.97. The molecule has 0 bridgehead atoms. The summed E-state index contributed by atoms with van der Waals surface area (Å²) in [6.07, 6.45) is 2.19. The van der Waals surface area contributed by atoms with Crippen molar-refractivity contribution in [1.82, 2.24) is 10.2 Å². The maximum atomic E-state index is 11.5. The third kappa shape index (κ3) is 4.59. The van der Waals surface area contributed by atoms with E-state index in [0.717, 1.165) is 19.3 Å². The topological polar surface area (TPSA) is 100 Å². The second-order valence-electron chi connectivity index (χ2n) is 4.61. The maximum Gasteiger partial charge on any atom is 0.409 e. The Balaban J connectivity index is 2.39. The van der Waals surface area contributed by atoms with Crippen LogP contribution in [0.4, 0.5) is 4.79 Å². The smallest absolute Gasteiger partial charge is 0.409 e. The van der Waals surface area contributed by atoms with Gasteiger partial charge in [0.15, 0.2) is 5.84 Å². The molecule has 1 aliphatic rings. The van der Waals surface area contributed by atoms with Gasteiger partial charge in [0, 0.05) is 19.1 Å². The molecule has 1 atom stereocenters. The standard InChI is InChI=1S/C12H24N4O3/c1-3-10(11(13)15-18)14-9-5-7-16(8-6-9)12(17)19-4-2/h9-10,14,18H,3-8H2,1-2H3,(H2,13,15). The van der Waals surface area contributed by atoms with Crippen molar-refractivity contribution >= 4 is 11.9 Å². The number of ether oxygens (including phenoxy) is 1. The van der Waals surface area contributed by atoms with Gasteiger partial charge in [-0.2, -0.15) is 0 Å². The van der Waals surface area contributed by atoms with Crippen LogP contribution in [0.25, 0.3) is 0 Å². The zero-order valence-electron chi connectivity index (χ0n) is 11.6. The quantitative estimate of drug-likeness (QED) is 0.296. The highest BCUT2D eigenvalue weighted by atomic mass is 16.6. The fourth-order valence-corrected chi connectivity index (χ4v) is 2.21. The van der Waals surface area contributed by atoms with Crippen molar-refractivity contribution in [3.63, 3.8) is 0 Å². The van der Waals surface area contributed by atoms with Crippen molar-refractivity contribution in [1.29, 1.82) is 0 Å². The molecule has 19 heavy (non-hydrogen) atoms. The van der Waals surface area contributed by atoms with Crippen molar-refractivity contribution in [2.45, 2.75) is 45.2 Å². The molecule has 1 amide bonds.